The predicted octanol–water partition coefficient (Wildman–Crippen LogP) is 5.62. The van der Waals surface area contributed by atoms with Crippen LogP contribution in [0, 0.1) is 0 Å². The topological polar surface area (TPSA) is 46.9 Å². The van der Waals surface area contributed by atoms with Gasteiger partial charge in [0.1, 0.15) is 0 Å². The predicted molar refractivity (Wildman–Crippen MR) is 117 cm³/mol. The molecule has 5 heteroatoms. The van der Waals surface area contributed by atoms with Crippen molar-refractivity contribution in [3.63, 3.8) is 0 Å². The fraction of sp³-hybridized carbons (Fsp3) is 0.167. The lowest BCUT2D eigenvalue weighted by molar-refractivity contribution is 0.0935. The molecule has 0 aliphatic carbocycles. The molecular formula is C24H22ClN3O. The molecule has 0 aliphatic rings. The minimum Gasteiger partial charge on any atom is -0.345 e. The van der Waals surface area contributed by atoms with Crippen LogP contribution in [0.25, 0.3) is 11.0 Å². The monoisotopic (exact) mass is 403 g/mol. The highest BCUT2D eigenvalue weighted by molar-refractivity contribution is 6.30. The average Bonchev–Trinajstić information content (AvgIpc) is 3.16. The summed E-state index contributed by atoms with van der Waals surface area (Å²) in [6.07, 6.45) is 2.63. The summed E-state index contributed by atoms with van der Waals surface area (Å²) in [6, 6.07) is 23.5. The van der Waals surface area contributed by atoms with E-state index in [1.165, 1.54) is 0 Å². The molecule has 1 atom stereocenters. The van der Waals surface area contributed by atoms with Gasteiger partial charge in [0.25, 0.3) is 5.91 Å². The Morgan fingerprint density at radius 2 is 1.83 bits per heavy atom. The number of carbonyl (C=O) groups excluding carboxylic acids is 1. The zero-order valence-corrected chi connectivity index (χ0v) is 16.9. The average molecular weight is 404 g/mol. The zero-order valence-electron chi connectivity index (χ0n) is 16.2. The van der Waals surface area contributed by atoms with Crippen molar-refractivity contribution in [2.45, 2.75) is 25.9 Å². The van der Waals surface area contributed by atoms with Gasteiger partial charge in [-0.25, -0.2) is 4.98 Å². The first-order chi connectivity index (χ1) is 14.1. The van der Waals surface area contributed by atoms with Crippen LogP contribution in [0.15, 0.2) is 79.1 Å². The summed E-state index contributed by atoms with van der Waals surface area (Å²) in [4.78, 5) is 17.3. The molecule has 4 aromatic rings. The Balaban J connectivity index is 1.53. The van der Waals surface area contributed by atoms with E-state index in [0.717, 1.165) is 33.6 Å². The summed E-state index contributed by atoms with van der Waals surface area (Å²) in [5.74, 6) is -0.0881. The number of amides is 1. The molecule has 1 aromatic heterocycles. The first-order valence-corrected chi connectivity index (χ1v) is 10.1. The Hall–Kier alpha value is -3.11. The maximum Gasteiger partial charge on any atom is 0.251 e. The molecule has 0 fully saturated rings. The van der Waals surface area contributed by atoms with Crippen LogP contribution in [0.4, 0.5) is 0 Å². The smallest absolute Gasteiger partial charge is 0.251 e. The van der Waals surface area contributed by atoms with Crippen molar-refractivity contribution >= 4 is 28.5 Å². The minimum atomic E-state index is -0.0881. The lowest BCUT2D eigenvalue weighted by atomic mass is 10.0. The first-order valence-electron chi connectivity index (χ1n) is 9.69. The van der Waals surface area contributed by atoms with E-state index >= 15 is 0 Å². The van der Waals surface area contributed by atoms with Gasteiger partial charge in [-0.2, -0.15) is 0 Å². The van der Waals surface area contributed by atoms with E-state index in [1.807, 2.05) is 72.8 Å². The van der Waals surface area contributed by atoms with Crippen molar-refractivity contribution in [3.05, 3.63) is 101 Å². The van der Waals surface area contributed by atoms with E-state index in [-0.39, 0.29) is 11.9 Å². The van der Waals surface area contributed by atoms with Gasteiger partial charge in [0, 0.05) is 17.1 Å². The summed E-state index contributed by atoms with van der Waals surface area (Å²) in [6.45, 7) is 2.77. The van der Waals surface area contributed by atoms with Crippen LogP contribution in [0.1, 0.15) is 40.9 Å². The van der Waals surface area contributed by atoms with Crippen LogP contribution in [-0.2, 0) is 6.54 Å². The highest BCUT2D eigenvalue weighted by atomic mass is 35.5. The van der Waals surface area contributed by atoms with Gasteiger partial charge in [0.2, 0.25) is 0 Å². The number of nitrogens with one attached hydrogen (secondary N) is 1. The number of aromatic nitrogens is 2. The second kappa shape index (κ2) is 8.50. The molecule has 29 heavy (non-hydrogen) atoms. The Labute approximate surface area is 175 Å². The molecule has 0 bridgehead atoms. The van der Waals surface area contributed by atoms with Crippen LogP contribution >= 0.6 is 11.6 Å². The third kappa shape index (κ3) is 4.33. The standard InChI is InChI=1S/C24H22ClN3O/c1-2-21(18-6-4-3-5-7-18)27-24(29)19-10-13-23-22(14-19)26-16-28(23)15-17-8-11-20(25)12-9-17/h3-14,16,21H,2,15H2,1H3,(H,27,29)/t21-/m1/s1. The molecule has 4 nitrogen and oxygen atoms in total. The van der Waals surface area contributed by atoms with Gasteiger partial charge < -0.3 is 9.88 Å². The third-order valence-electron chi connectivity index (χ3n) is 5.06. The van der Waals surface area contributed by atoms with Crippen molar-refractivity contribution < 1.29 is 4.79 Å². The van der Waals surface area contributed by atoms with Crippen molar-refractivity contribution in [1.82, 2.24) is 14.9 Å². The normalized spacial score (nSPS) is 12.1. The minimum absolute atomic E-state index is 0.0122. The van der Waals surface area contributed by atoms with E-state index in [0.29, 0.717) is 12.1 Å². The number of imidazole rings is 1. The Morgan fingerprint density at radius 1 is 1.07 bits per heavy atom. The summed E-state index contributed by atoms with van der Waals surface area (Å²) in [7, 11) is 0. The molecule has 4 rings (SSSR count). The number of nitrogens with zero attached hydrogens (tertiary/aromatic N) is 2. The number of halogens is 1. The largest absolute Gasteiger partial charge is 0.345 e. The van der Waals surface area contributed by atoms with E-state index < -0.39 is 0 Å². The first kappa shape index (κ1) is 19.2. The van der Waals surface area contributed by atoms with Crippen molar-refractivity contribution in [2.75, 3.05) is 0 Å². The van der Waals surface area contributed by atoms with Gasteiger partial charge in [-0.3, -0.25) is 4.79 Å². The zero-order chi connectivity index (χ0) is 20.2. The van der Waals surface area contributed by atoms with Gasteiger partial charge in [-0.1, -0.05) is 61.0 Å². The fourth-order valence-electron chi connectivity index (χ4n) is 3.47. The second-order valence-electron chi connectivity index (χ2n) is 7.05. The highest BCUT2D eigenvalue weighted by Gasteiger charge is 2.15. The summed E-state index contributed by atoms with van der Waals surface area (Å²) >= 11 is 5.96. The number of carbonyl (C=O) groups is 1. The molecule has 0 spiro atoms. The molecule has 0 saturated carbocycles. The number of hydrogen-bond donors (Lipinski definition) is 1. The molecule has 0 aliphatic heterocycles. The summed E-state index contributed by atoms with van der Waals surface area (Å²) < 4.78 is 2.07. The highest BCUT2D eigenvalue weighted by Crippen LogP contribution is 2.20. The van der Waals surface area contributed by atoms with Gasteiger partial charge >= 0.3 is 0 Å². The molecule has 1 N–H and O–H groups in total. The number of rotatable bonds is 6. The Kier molecular flexibility index (Phi) is 5.63. The van der Waals surface area contributed by atoms with Crippen molar-refractivity contribution in [2.24, 2.45) is 0 Å². The van der Waals surface area contributed by atoms with E-state index in [9.17, 15) is 4.79 Å². The molecule has 0 saturated heterocycles. The van der Waals surface area contributed by atoms with Crippen molar-refractivity contribution in [1.29, 1.82) is 0 Å². The van der Waals surface area contributed by atoms with Crippen LogP contribution in [0.2, 0.25) is 5.02 Å². The van der Waals surface area contributed by atoms with E-state index in [4.69, 9.17) is 11.6 Å². The van der Waals surface area contributed by atoms with E-state index in [2.05, 4.69) is 21.8 Å². The maximum atomic E-state index is 12.8. The van der Waals surface area contributed by atoms with Crippen LogP contribution in [0.3, 0.4) is 0 Å². The molecule has 0 unspecified atom stereocenters. The lowest BCUT2D eigenvalue weighted by Gasteiger charge is -2.17. The third-order valence-corrected chi connectivity index (χ3v) is 5.32. The Bertz CT molecular complexity index is 1120. The van der Waals surface area contributed by atoms with Gasteiger partial charge in [0.15, 0.2) is 0 Å². The lowest BCUT2D eigenvalue weighted by Crippen LogP contribution is -2.28. The van der Waals surface area contributed by atoms with Gasteiger partial charge in [0.05, 0.1) is 23.4 Å². The maximum absolute atomic E-state index is 12.8. The summed E-state index contributed by atoms with van der Waals surface area (Å²) in [5, 5.41) is 3.85. The van der Waals surface area contributed by atoms with Crippen LogP contribution < -0.4 is 5.32 Å². The molecule has 0 radical (unpaired) electrons. The number of benzene rings is 3. The fourth-order valence-corrected chi connectivity index (χ4v) is 3.59. The SMILES string of the molecule is CC[C@@H](NC(=O)c1ccc2c(c1)ncn2Cc1ccc(Cl)cc1)c1ccccc1. The molecule has 1 heterocycles. The number of fused-ring (bicyclic) bond motifs is 1. The molecule has 146 valence electrons. The van der Waals surface area contributed by atoms with Crippen LogP contribution in [0.5, 0.6) is 0 Å². The quantitative estimate of drug-likeness (QED) is 0.454. The molecule has 1 amide bonds. The van der Waals surface area contributed by atoms with Gasteiger partial charge in [-0.15, -0.1) is 0 Å². The summed E-state index contributed by atoms with van der Waals surface area (Å²) in [5.41, 5.74) is 4.66. The van der Waals surface area contributed by atoms with Crippen molar-refractivity contribution in [3.8, 4) is 0 Å². The number of hydrogen-bond acceptors (Lipinski definition) is 2. The second-order valence-corrected chi connectivity index (χ2v) is 7.48. The van der Waals surface area contributed by atoms with Gasteiger partial charge in [-0.05, 0) is 47.9 Å². The molecular weight excluding hydrogens is 382 g/mol. The Morgan fingerprint density at radius 3 is 2.55 bits per heavy atom. The van der Waals surface area contributed by atoms with Crippen LogP contribution in [-0.4, -0.2) is 15.5 Å². The van der Waals surface area contributed by atoms with E-state index in [1.54, 1.807) is 6.33 Å². The molecule has 3 aromatic carbocycles.